The number of rotatable bonds is 7. The van der Waals surface area contributed by atoms with Crippen LogP contribution in [0.4, 0.5) is 5.69 Å². The van der Waals surface area contributed by atoms with Crippen LogP contribution in [0.25, 0.3) is 0 Å². The molecule has 0 bridgehead atoms. The van der Waals surface area contributed by atoms with Gasteiger partial charge in [0.25, 0.3) is 5.91 Å². The zero-order chi connectivity index (χ0) is 14.3. The quantitative estimate of drug-likeness (QED) is 0.398. The lowest BCUT2D eigenvalue weighted by Gasteiger charge is -2.11. The Labute approximate surface area is 112 Å². The predicted octanol–water partition coefficient (Wildman–Crippen LogP) is 1.70. The maximum atomic E-state index is 12.0. The molecule has 5 nitrogen and oxygen atoms in total. The fourth-order valence-electron chi connectivity index (χ4n) is 1.70. The molecule has 0 radical (unpaired) electrons. The fourth-order valence-corrected chi connectivity index (χ4v) is 1.70. The van der Waals surface area contributed by atoms with Crippen LogP contribution in [0.3, 0.4) is 0 Å². The molecule has 0 saturated heterocycles. The molecule has 0 atom stereocenters. The van der Waals surface area contributed by atoms with E-state index in [9.17, 15) is 9.59 Å². The Hall–Kier alpha value is -1.72. The van der Waals surface area contributed by atoms with E-state index in [1.807, 2.05) is 0 Å². The number of amides is 1. The Kier molecular flexibility index (Phi) is 6.18. The summed E-state index contributed by atoms with van der Waals surface area (Å²) >= 11 is 0. The number of anilines is 1. The molecular formula is C14H19NO4. The van der Waals surface area contributed by atoms with E-state index >= 15 is 0 Å². The largest absolute Gasteiger partial charge is 0.361 e. The molecule has 3 N–H and O–H groups in total. The van der Waals surface area contributed by atoms with Gasteiger partial charge in [0.1, 0.15) is 0 Å². The van der Waals surface area contributed by atoms with E-state index in [0.29, 0.717) is 17.7 Å². The molecule has 0 aliphatic carbocycles. The third-order valence-electron chi connectivity index (χ3n) is 2.73. The summed E-state index contributed by atoms with van der Waals surface area (Å²) in [5.41, 5.74) is 0.703. The van der Waals surface area contributed by atoms with E-state index in [2.05, 4.69) is 12.2 Å². The molecule has 0 fully saturated rings. The number of nitrogens with one attached hydrogen (secondary N) is 1. The molecule has 0 aromatic heterocycles. The number of hydrogen-bond donors (Lipinski definition) is 3. The number of aliphatic hydroxyl groups excluding tert-OH is 1. The number of carbonyl (C=O) groups excluding carboxylic acids is 2. The van der Waals surface area contributed by atoms with Crippen molar-refractivity contribution < 1.29 is 19.8 Å². The number of para-hydroxylation sites is 1. The van der Waals surface area contributed by atoms with Gasteiger partial charge in [-0.3, -0.25) is 9.59 Å². The third-order valence-corrected chi connectivity index (χ3v) is 2.73. The lowest BCUT2D eigenvalue weighted by molar-refractivity contribution is -0.141. The normalized spacial score (nSPS) is 10.5. The van der Waals surface area contributed by atoms with Crippen molar-refractivity contribution in [3.63, 3.8) is 0 Å². The SMILES string of the molecule is CCCCCC(=O)c1ccccc1NC(=O)C(O)O. The lowest BCUT2D eigenvalue weighted by atomic mass is 10.0. The maximum Gasteiger partial charge on any atom is 0.280 e. The highest BCUT2D eigenvalue weighted by Gasteiger charge is 2.15. The van der Waals surface area contributed by atoms with E-state index in [-0.39, 0.29) is 5.78 Å². The molecule has 0 aliphatic heterocycles. The number of hydrogen-bond acceptors (Lipinski definition) is 4. The van der Waals surface area contributed by atoms with Crippen molar-refractivity contribution in [2.45, 2.75) is 38.9 Å². The van der Waals surface area contributed by atoms with Gasteiger partial charge in [-0.2, -0.15) is 0 Å². The molecule has 0 spiro atoms. The Balaban J connectivity index is 2.77. The summed E-state index contributed by atoms with van der Waals surface area (Å²) in [5, 5.41) is 19.8. The molecular weight excluding hydrogens is 246 g/mol. The van der Waals surface area contributed by atoms with Gasteiger partial charge in [-0.1, -0.05) is 31.9 Å². The minimum absolute atomic E-state index is 0.0585. The van der Waals surface area contributed by atoms with Crippen LogP contribution >= 0.6 is 0 Å². The van der Waals surface area contributed by atoms with Gasteiger partial charge in [-0.25, -0.2) is 0 Å². The Morgan fingerprint density at radius 3 is 2.53 bits per heavy atom. The van der Waals surface area contributed by atoms with E-state index in [0.717, 1.165) is 19.3 Å². The molecule has 104 valence electrons. The summed E-state index contributed by atoms with van der Waals surface area (Å²) < 4.78 is 0. The average molecular weight is 265 g/mol. The van der Waals surface area contributed by atoms with Gasteiger partial charge in [-0.05, 0) is 18.6 Å². The van der Waals surface area contributed by atoms with Gasteiger partial charge in [0.15, 0.2) is 5.78 Å². The van der Waals surface area contributed by atoms with Crippen molar-refractivity contribution in [2.75, 3.05) is 5.32 Å². The van der Waals surface area contributed by atoms with Crippen molar-refractivity contribution in [3.05, 3.63) is 29.8 Å². The van der Waals surface area contributed by atoms with E-state index in [1.165, 1.54) is 0 Å². The highest BCUT2D eigenvalue weighted by Crippen LogP contribution is 2.18. The summed E-state index contributed by atoms with van der Waals surface area (Å²) in [7, 11) is 0. The zero-order valence-corrected chi connectivity index (χ0v) is 10.9. The van der Waals surface area contributed by atoms with Gasteiger partial charge in [0.2, 0.25) is 6.29 Å². The van der Waals surface area contributed by atoms with Crippen LogP contribution in [0, 0.1) is 0 Å². The topological polar surface area (TPSA) is 86.6 Å². The van der Waals surface area contributed by atoms with Crippen molar-refractivity contribution >= 4 is 17.4 Å². The summed E-state index contributed by atoms with van der Waals surface area (Å²) in [6.07, 6.45) is 1.14. The summed E-state index contributed by atoms with van der Waals surface area (Å²) in [5.74, 6) is -1.01. The standard InChI is InChI=1S/C14H19NO4/c1-2-3-4-9-12(16)10-7-5-6-8-11(10)15-13(17)14(18)19/h5-8,14,18-19H,2-4,9H2,1H3,(H,15,17). The van der Waals surface area contributed by atoms with Crippen molar-refractivity contribution in [3.8, 4) is 0 Å². The van der Waals surface area contributed by atoms with Gasteiger partial charge >= 0.3 is 0 Å². The van der Waals surface area contributed by atoms with E-state index < -0.39 is 12.2 Å². The maximum absolute atomic E-state index is 12.0. The molecule has 1 amide bonds. The first-order chi connectivity index (χ1) is 9.06. The molecule has 1 rings (SSSR count). The van der Waals surface area contributed by atoms with Crippen LogP contribution in [-0.4, -0.2) is 28.2 Å². The number of benzene rings is 1. The van der Waals surface area contributed by atoms with Gasteiger partial charge in [0, 0.05) is 12.0 Å². The predicted molar refractivity (Wildman–Crippen MR) is 71.8 cm³/mol. The van der Waals surface area contributed by atoms with Crippen LogP contribution < -0.4 is 5.32 Å². The van der Waals surface area contributed by atoms with Crippen molar-refractivity contribution in [2.24, 2.45) is 0 Å². The Morgan fingerprint density at radius 2 is 1.89 bits per heavy atom. The first-order valence-corrected chi connectivity index (χ1v) is 6.35. The molecule has 0 heterocycles. The minimum atomic E-state index is -2.09. The summed E-state index contributed by atoms with van der Waals surface area (Å²) in [6, 6.07) is 6.56. The van der Waals surface area contributed by atoms with Gasteiger partial charge < -0.3 is 15.5 Å². The number of carbonyl (C=O) groups is 2. The van der Waals surface area contributed by atoms with E-state index in [1.54, 1.807) is 24.3 Å². The molecule has 19 heavy (non-hydrogen) atoms. The summed E-state index contributed by atoms with van der Waals surface area (Å²) in [6.45, 7) is 2.06. The van der Waals surface area contributed by atoms with Crippen molar-refractivity contribution in [1.82, 2.24) is 0 Å². The number of Topliss-reactive ketones (excluding diaryl/α,β-unsaturated/α-hetero) is 1. The van der Waals surface area contributed by atoms with Crippen LogP contribution in [0.5, 0.6) is 0 Å². The zero-order valence-electron chi connectivity index (χ0n) is 10.9. The van der Waals surface area contributed by atoms with Crippen LogP contribution in [0.2, 0.25) is 0 Å². The highest BCUT2D eigenvalue weighted by atomic mass is 16.5. The molecule has 1 aromatic rings. The van der Waals surface area contributed by atoms with E-state index in [4.69, 9.17) is 10.2 Å². The summed E-state index contributed by atoms with van der Waals surface area (Å²) in [4.78, 5) is 23.2. The van der Waals surface area contributed by atoms with Crippen LogP contribution in [-0.2, 0) is 4.79 Å². The van der Waals surface area contributed by atoms with Crippen LogP contribution in [0.1, 0.15) is 43.0 Å². The average Bonchev–Trinajstić information content (AvgIpc) is 2.39. The van der Waals surface area contributed by atoms with Crippen molar-refractivity contribution in [1.29, 1.82) is 0 Å². The Morgan fingerprint density at radius 1 is 1.21 bits per heavy atom. The molecule has 0 aliphatic rings. The lowest BCUT2D eigenvalue weighted by Crippen LogP contribution is -2.27. The number of aliphatic hydroxyl groups is 2. The number of ketones is 1. The first kappa shape index (κ1) is 15.3. The first-order valence-electron chi connectivity index (χ1n) is 6.35. The van der Waals surface area contributed by atoms with Gasteiger partial charge in [0.05, 0.1) is 5.69 Å². The fraction of sp³-hybridized carbons (Fsp3) is 0.429. The monoisotopic (exact) mass is 265 g/mol. The highest BCUT2D eigenvalue weighted by molar-refractivity contribution is 6.05. The smallest absolute Gasteiger partial charge is 0.280 e. The van der Waals surface area contributed by atoms with Crippen LogP contribution in [0.15, 0.2) is 24.3 Å². The Bertz CT molecular complexity index is 443. The molecule has 1 aromatic carbocycles. The second-order valence-electron chi connectivity index (χ2n) is 4.29. The number of unbranched alkanes of at least 4 members (excludes halogenated alkanes) is 2. The third kappa shape index (κ3) is 4.81. The second kappa shape index (κ2) is 7.66. The molecule has 5 heteroatoms. The molecule has 0 saturated carbocycles. The molecule has 0 unspecified atom stereocenters. The second-order valence-corrected chi connectivity index (χ2v) is 4.29. The van der Waals surface area contributed by atoms with Gasteiger partial charge in [-0.15, -0.1) is 0 Å². The minimum Gasteiger partial charge on any atom is -0.361 e.